The highest BCUT2D eigenvalue weighted by molar-refractivity contribution is 6.22. The zero-order chi connectivity index (χ0) is 58.8. The summed E-state index contributed by atoms with van der Waals surface area (Å²) in [6.07, 6.45) is 0. The summed E-state index contributed by atoms with van der Waals surface area (Å²) in [5.74, 6) is 0. The molecule has 3 aliphatic rings. The lowest BCUT2D eigenvalue weighted by atomic mass is 9.70. The van der Waals surface area contributed by atoms with Crippen LogP contribution in [0, 0.1) is 13.1 Å². The molecule has 0 saturated heterocycles. The van der Waals surface area contributed by atoms with Gasteiger partial charge < -0.3 is 18.6 Å². The van der Waals surface area contributed by atoms with Gasteiger partial charge in [-0.3, -0.25) is 0 Å². The van der Waals surface area contributed by atoms with Crippen molar-refractivity contribution in [1.82, 2.24) is 0 Å². The van der Waals surface area contributed by atoms with Crippen LogP contribution in [0.4, 0.5) is 45.5 Å². The molecule has 1 spiro atoms. The monoisotopic (exact) mass is 1120 g/mol. The lowest BCUT2D eigenvalue weighted by Gasteiger charge is -2.33. The maximum absolute atomic E-state index is 8.15. The normalized spacial score (nSPS) is 13.2. The molecular formula is C81H56N4O2. The molecule has 0 amide bonds. The van der Waals surface area contributed by atoms with E-state index in [1.165, 1.54) is 77.5 Å². The van der Waals surface area contributed by atoms with Crippen LogP contribution in [0.1, 0.15) is 74.9 Å². The minimum Gasteiger partial charge on any atom is -0.465 e. The maximum atomic E-state index is 8.15. The molecule has 0 fully saturated rings. The minimum atomic E-state index is -0.837. The van der Waals surface area contributed by atoms with Crippen molar-refractivity contribution in [2.45, 2.75) is 57.8 Å². The number of anilines is 6. The van der Waals surface area contributed by atoms with E-state index in [0.29, 0.717) is 33.7 Å². The highest BCUT2D eigenvalue weighted by Crippen LogP contribution is 2.67. The topological polar surface area (TPSA) is 41.5 Å². The van der Waals surface area contributed by atoms with Crippen molar-refractivity contribution in [3.05, 3.63) is 287 Å². The molecule has 0 unspecified atom stereocenters. The molecule has 0 radical (unpaired) electrons. The van der Waals surface area contributed by atoms with Gasteiger partial charge in [0.1, 0.15) is 11.2 Å². The van der Waals surface area contributed by atoms with Crippen LogP contribution < -0.4 is 9.80 Å². The quantitative estimate of drug-likeness (QED) is 0.156. The number of hydrogen-bond acceptors (Lipinski definition) is 4. The Morgan fingerprint density at radius 3 is 1.24 bits per heavy atom. The van der Waals surface area contributed by atoms with Gasteiger partial charge in [-0.2, -0.15) is 0 Å². The van der Waals surface area contributed by atoms with Crippen LogP contribution >= 0.6 is 0 Å². The average molecular weight is 1120 g/mol. The van der Waals surface area contributed by atoms with Gasteiger partial charge in [0.25, 0.3) is 0 Å². The minimum absolute atomic E-state index is 0.0656. The molecule has 17 rings (SSSR count). The van der Waals surface area contributed by atoms with Crippen LogP contribution in [0.15, 0.2) is 239 Å². The van der Waals surface area contributed by atoms with Crippen molar-refractivity contribution in [3.8, 4) is 44.5 Å². The Hall–Kier alpha value is -10.9. The largest absolute Gasteiger partial charge is 0.465 e. The van der Waals surface area contributed by atoms with Crippen LogP contribution in [0.25, 0.3) is 109 Å². The average Bonchev–Trinajstić information content (AvgIpc) is 1.50. The predicted octanol–water partition coefficient (Wildman–Crippen LogP) is 23.3. The number of furan rings is 2. The van der Waals surface area contributed by atoms with Crippen LogP contribution in [0.5, 0.6) is 0 Å². The summed E-state index contributed by atoms with van der Waals surface area (Å²) >= 11 is 0. The molecule has 0 N–H and O–H groups in total. The van der Waals surface area contributed by atoms with Gasteiger partial charge in [0, 0.05) is 44.3 Å². The molecule has 12 aromatic carbocycles. The molecule has 2 aromatic heterocycles. The van der Waals surface area contributed by atoms with Crippen LogP contribution in [-0.2, 0) is 16.2 Å². The van der Waals surface area contributed by atoms with Crippen molar-refractivity contribution < 1.29 is 8.83 Å². The van der Waals surface area contributed by atoms with Crippen molar-refractivity contribution >= 4 is 100 Å². The van der Waals surface area contributed by atoms with Crippen LogP contribution in [0.2, 0.25) is 0 Å². The third-order valence-corrected chi connectivity index (χ3v) is 19.0. The number of fused-ring (bicyclic) bond motifs is 20. The summed E-state index contributed by atoms with van der Waals surface area (Å²) < 4.78 is 13.9. The van der Waals surface area contributed by atoms with E-state index in [9.17, 15) is 0 Å². The van der Waals surface area contributed by atoms with Crippen molar-refractivity contribution in [2.24, 2.45) is 0 Å². The lowest BCUT2D eigenvalue weighted by Crippen LogP contribution is -2.26. The van der Waals surface area contributed by atoms with E-state index in [1.807, 2.05) is 24.3 Å². The zero-order valence-electron chi connectivity index (χ0n) is 49.0. The number of hydrogen-bond donors (Lipinski definition) is 0. The number of benzene rings is 12. The SMILES string of the molecule is [C-]#[N+]c1cccc2c1oc1c(N(c3ccc(C(C)(C)C)cc3)c3ccc4c(c3)C3(c5cc(N(c6ccc(C(C)(C)C)cc6)c6cccc7c6oc6c([N+]#[C-])cccc67)ccc5-4)c4ccccc4-c4c3cc3c5c(cccc45)-c4ccccc4-3)cccc12. The van der Waals surface area contributed by atoms with Gasteiger partial charge in [-0.05, 0) is 166 Å². The molecule has 0 aliphatic heterocycles. The highest BCUT2D eigenvalue weighted by atomic mass is 16.3. The van der Waals surface area contributed by atoms with Gasteiger partial charge in [-0.15, -0.1) is 0 Å². The molecule has 0 atom stereocenters. The Morgan fingerprint density at radius 1 is 0.333 bits per heavy atom. The summed E-state index contributed by atoms with van der Waals surface area (Å²) in [5.41, 5.74) is 25.4. The van der Waals surface area contributed by atoms with E-state index in [2.05, 4.69) is 267 Å². The van der Waals surface area contributed by atoms with Gasteiger partial charge in [-0.25, -0.2) is 9.69 Å². The first-order chi connectivity index (χ1) is 42.3. The fourth-order valence-corrected chi connectivity index (χ4v) is 15.0. The number of nitrogens with zero attached hydrogens (tertiary/aromatic N) is 4. The van der Waals surface area contributed by atoms with E-state index in [0.717, 1.165) is 66.8 Å². The van der Waals surface area contributed by atoms with Crippen molar-refractivity contribution in [2.75, 3.05) is 9.80 Å². The second-order valence-corrected chi connectivity index (χ2v) is 25.7. The summed E-state index contributed by atoms with van der Waals surface area (Å²) in [6, 6.07) is 84.1. The van der Waals surface area contributed by atoms with Crippen LogP contribution in [-0.4, -0.2) is 0 Å². The Bertz CT molecular complexity index is 5160. The zero-order valence-corrected chi connectivity index (χ0v) is 49.0. The second-order valence-electron chi connectivity index (χ2n) is 25.7. The fraction of sp³-hybridized carbons (Fsp3) is 0.111. The van der Waals surface area contributed by atoms with E-state index >= 15 is 0 Å². The molecular weight excluding hydrogens is 1060 g/mol. The summed E-state index contributed by atoms with van der Waals surface area (Å²) in [7, 11) is 0. The van der Waals surface area contributed by atoms with Gasteiger partial charge in [-0.1, -0.05) is 205 Å². The molecule has 2 heterocycles. The van der Waals surface area contributed by atoms with E-state index in [4.69, 9.17) is 22.0 Å². The van der Waals surface area contributed by atoms with E-state index in [-0.39, 0.29) is 10.8 Å². The highest BCUT2D eigenvalue weighted by Gasteiger charge is 2.53. The molecule has 6 heteroatoms. The first kappa shape index (κ1) is 50.6. The second kappa shape index (κ2) is 18.1. The van der Waals surface area contributed by atoms with E-state index in [1.54, 1.807) is 0 Å². The number of para-hydroxylation sites is 4. The molecule has 0 bridgehead atoms. The lowest BCUT2D eigenvalue weighted by molar-refractivity contribution is 0.590. The van der Waals surface area contributed by atoms with Crippen LogP contribution in [0.3, 0.4) is 0 Å². The number of rotatable bonds is 6. The van der Waals surface area contributed by atoms with Gasteiger partial charge in [0.05, 0.1) is 29.9 Å². The van der Waals surface area contributed by atoms with Crippen molar-refractivity contribution in [3.63, 3.8) is 0 Å². The Balaban J connectivity index is 0.971. The fourth-order valence-electron chi connectivity index (χ4n) is 15.0. The van der Waals surface area contributed by atoms with Gasteiger partial charge in [0.15, 0.2) is 11.2 Å². The summed E-state index contributed by atoms with van der Waals surface area (Å²) in [5, 5.41) is 6.27. The van der Waals surface area contributed by atoms with E-state index < -0.39 is 5.41 Å². The standard InChI is InChI=1S/C81H56N4O2/c1-79(2,3)47-32-36-49(37-33-47)84(71-30-16-24-60-58-22-14-28-69(82-7)75(58)86-77(60)71)51-40-42-55-56-43-41-52(85(50-38-34-48(35-39-50)80(4,5)6)72-31-17-25-61-59-23-15-29-70(83-8)76(59)87-78(61)72)45-67(56)81(66(55)44-51)65-27-12-11-20-62(65)74-63-26-13-21-57-53-18-9-10-19-54(53)64(73(57)63)46-68(74)81/h9-46H,1-6H3. The third-order valence-electron chi connectivity index (χ3n) is 19.0. The molecule has 87 heavy (non-hydrogen) atoms. The van der Waals surface area contributed by atoms with Gasteiger partial charge >= 0.3 is 0 Å². The van der Waals surface area contributed by atoms with Gasteiger partial charge in [0.2, 0.25) is 11.4 Å². The first-order valence-corrected chi connectivity index (χ1v) is 29.9. The van der Waals surface area contributed by atoms with Crippen molar-refractivity contribution in [1.29, 1.82) is 0 Å². The maximum Gasteiger partial charge on any atom is 0.229 e. The smallest absolute Gasteiger partial charge is 0.229 e. The summed E-state index contributed by atoms with van der Waals surface area (Å²) in [6.45, 7) is 29.8. The predicted molar refractivity (Wildman–Crippen MR) is 359 cm³/mol. The Morgan fingerprint density at radius 2 is 0.747 bits per heavy atom. The Labute approximate surface area is 505 Å². The molecule has 6 nitrogen and oxygen atoms in total. The first-order valence-electron chi connectivity index (χ1n) is 29.9. The Kier molecular flexibility index (Phi) is 10.5. The molecule has 0 saturated carbocycles. The molecule has 14 aromatic rings. The third kappa shape index (κ3) is 7.02. The molecule has 3 aliphatic carbocycles. The molecule has 412 valence electrons. The summed E-state index contributed by atoms with van der Waals surface area (Å²) in [4.78, 5) is 12.6.